The molecule has 4 rings (SSSR count). The molecule has 1 unspecified atom stereocenters. The quantitative estimate of drug-likeness (QED) is 0.722. The van der Waals surface area contributed by atoms with Crippen molar-refractivity contribution in [3.8, 4) is 0 Å². The molecule has 4 aliphatic carbocycles. The van der Waals surface area contributed by atoms with Gasteiger partial charge in [-0.05, 0) is 53.4 Å². The van der Waals surface area contributed by atoms with Crippen molar-refractivity contribution in [3.05, 3.63) is 11.6 Å². The topological polar surface area (TPSA) is 40.5 Å². The first-order chi connectivity index (χ1) is 8.00. The van der Waals surface area contributed by atoms with Crippen LogP contribution in [0.1, 0.15) is 33.6 Å². The summed E-state index contributed by atoms with van der Waals surface area (Å²) >= 11 is 0. The summed E-state index contributed by atoms with van der Waals surface area (Å²) in [5.41, 5.74) is 1.38. The van der Waals surface area contributed by atoms with Crippen molar-refractivity contribution in [2.75, 3.05) is 6.61 Å². The van der Waals surface area contributed by atoms with Gasteiger partial charge in [-0.2, -0.15) is 0 Å². The molecule has 3 fully saturated rings. The second-order valence-electron chi connectivity index (χ2n) is 6.92. The van der Waals surface area contributed by atoms with Crippen molar-refractivity contribution in [3.63, 3.8) is 0 Å². The molecule has 0 saturated heterocycles. The molecule has 2 N–H and O–H groups in total. The van der Waals surface area contributed by atoms with Gasteiger partial charge in [-0.25, -0.2) is 0 Å². The van der Waals surface area contributed by atoms with Crippen LogP contribution in [0, 0.1) is 35.0 Å². The van der Waals surface area contributed by atoms with Crippen LogP contribution < -0.4 is 0 Å². The Morgan fingerprint density at radius 1 is 1.47 bits per heavy atom. The van der Waals surface area contributed by atoms with Crippen LogP contribution in [0.4, 0.5) is 0 Å². The zero-order valence-electron chi connectivity index (χ0n) is 11.1. The predicted octanol–water partition coefficient (Wildman–Crippen LogP) is 2.21. The average molecular weight is 236 g/mol. The summed E-state index contributed by atoms with van der Waals surface area (Å²) < 4.78 is 0. The lowest BCUT2D eigenvalue weighted by atomic mass is 9.34. The highest BCUT2D eigenvalue weighted by Crippen LogP contribution is 2.71. The molecule has 96 valence electrons. The van der Waals surface area contributed by atoms with Crippen LogP contribution in [0.15, 0.2) is 11.6 Å². The van der Waals surface area contributed by atoms with Gasteiger partial charge in [0.05, 0.1) is 12.7 Å². The molecule has 0 radical (unpaired) electrons. The smallest absolute Gasteiger partial charge is 0.0761 e. The minimum Gasteiger partial charge on any atom is -0.392 e. The van der Waals surface area contributed by atoms with E-state index >= 15 is 0 Å². The highest BCUT2D eigenvalue weighted by Gasteiger charge is 2.68. The Morgan fingerprint density at radius 2 is 2.18 bits per heavy atom. The van der Waals surface area contributed by atoms with Gasteiger partial charge < -0.3 is 10.2 Å². The molecule has 0 amide bonds. The molecular formula is C15H24O2. The van der Waals surface area contributed by atoms with Crippen molar-refractivity contribution in [1.29, 1.82) is 0 Å². The molecule has 17 heavy (non-hydrogen) atoms. The van der Waals surface area contributed by atoms with Crippen LogP contribution in [-0.4, -0.2) is 22.9 Å². The Morgan fingerprint density at radius 3 is 2.76 bits per heavy atom. The highest BCUT2D eigenvalue weighted by molar-refractivity contribution is 5.32. The van der Waals surface area contributed by atoms with Gasteiger partial charge in [-0.1, -0.05) is 26.8 Å². The van der Waals surface area contributed by atoms with Gasteiger partial charge in [0.15, 0.2) is 0 Å². The van der Waals surface area contributed by atoms with Gasteiger partial charge in [0.2, 0.25) is 0 Å². The summed E-state index contributed by atoms with van der Waals surface area (Å²) in [5.74, 6) is 3.04. The lowest BCUT2D eigenvalue weighted by Crippen LogP contribution is -2.68. The zero-order chi connectivity index (χ0) is 12.4. The fourth-order valence-electron chi connectivity index (χ4n) is 5.33. The Balaban J connectivity index is 1.98. The Hall–Kier alpha value is -0.340. The van der Waals surface area contributed by atoms with E-state index in [0.717, 1.165) is 11.5 Å². The van der Waals surface area contributed by atoms with Crippen LogP contribution >= 0.6 is 0 Å². The van der Waals surface area contributed by atoms with Crippen molar-refractivity contribution in [2.24, 2.45) is 35.0 Å². The van der Waals surface area contributed by atoms with E-state index in [1.165, 1.54) is 12.8 Å². The van der Waals surface area contributed by atoms with Crippen LogP contribution in [-0.2, 0) is 0 Å². The van der Waals surface area contributed by atoms with E-state index in [1.807, 2.05) is 6.08 Å². The van der Waals surface area contributed by atoms with E-state index in [4.69, 9.17) is 0 Å². The second kappa shape index (κ2) is 3.58. The normalized spacial score (nSPS) is 52.1. The monoisotopic (exact) mass is 236 g/mol. The molecule has 0 heterocycles. The van der Waals surface area contributed by atoms with Crippen LogP contribution in [0.2, 0.25) is 0 Å². The number of rotatable bonds is 2. The summed E-state index contributed by atoms with van der Waals surface area (Å²) in [5, 5.41) is 19.8. The fourth-order valence-corrected chi connectivity index (χ4v) is 5.33. The SMILES string of the molecule is CC(C)[C@@H]1CC[C@]2(C)[C@H]3C(CO)=C[C@H](O)[C@@H]2C13. The summed E-state index contributed by atoms with van der Waals surface area (Å²) in [4.78, 5) is 0. The summed E-state index contributed by atoms with van der Waals surface area (Å²) in [6.07, 6.45) is 4.13. The molecule has 6 atom stereocenters. The number of aliphatic hydroxyl groups excluding tert-OH is 2. The molecule has 2 nitrogen and oxygen atoms in total. The van der Waals surface area contributed by atoms with Crippen molar-refractivity contribution >= 4 is 0 Å². The van der Waals surface area contributed by atoms with E-state index in [0.29, 0.717) is 23.7 Å². The molecule has 0 aliphatic heterocycles. The summed E-state index contributed by atoms with van der Waals surface area (Å²) in [7, 11) is 0. The van der Waals surface area contributed by atoms with E-state index in [9.17, 15) is 10.2 Å². The van der Waals surface area contributed by atoms with Crippen molar-refractivity contribution in [2.45, 2.75) is 39.7 Å². The number of hydrogen-bond acceptors (Lipinski definition) is 2. The summed E-state index contributed by atoms with van der Waals surface area (Å²) in [6, 6.07) is 0. The fraction of sp³-hybridized carbons (Fsp3) is 0.867. The van der Waals surface area contributed by atoms with Crippen LogP contribution in [0.5, 0.6) is 0 Å². The minimum absolute atomic E-state index is 0.130. The maximum absolute atomic E-state index is 10.3. The lowest BCUT2D eigenvalue weighted by molar-refractivity contribution is -0.217. The maximum atomic E-state index is 10.3. The molecule has 0 aromatic carbocycles. The first-order valence-electron chi connectivity index (χ1n) is 7.00. The van der Waals surface area contributed by atoms with Gasteiger partial charge >= 0.3 is 0 Å². The van der Waals surface area contributed by atoms with Gasteiger partial charge in [0.1, 0.15) is 0 Å². The standard InChI is InChI=1S/C15H24O2/c1-8(2)10-4-5-15(3)13-9(7-16)6-11(17)14(15)12(10)13/h6,8,10-14,16-17H,4-5,7H2,1-3H3/t10-,11-,12?,13-,14+,15+/m0/s1. The molecule has 0 spiro atoms. The molecular weight excluding hydrogens is 212 g/mol. The Labute approximate surface area is 104 Å². The van der Waals surface area contributed by atoms with Gasteiger partial charge in [-0.3, -0.25) is 0 Å². The Kier molecular flexibility index (Phi) is 2.47. The van der Waals surface area contributed by atoms with E-state index in [2.05, 4.69) is 20.8 Å². The molecule has 0 aromatic heterocycles. The molecule has 3 saturated carbocycles. The van der Waals surface area contributed by atoms with E-state index < -0.39 is 0 Å². The maximum Gasteiger partial charge on any atom is 0.0761 e. The first-order valence-corrected chi connectivity index (χ1v) is 7.00. The average Bonchev–Trinajstić information content (AvgIpc) is 2.28. The Bertz CT molecular complexity index is 360. The van der Waals surface area contributed by atoms with Crippen molar-refractivity contribution in [1.82, 2.24) is 0 Å². The third-order valence-electron chi connectivity index (χ3n) is 5.97. The predicted molar refractivity (Wildman–Crippen MR) is 67.3 cm³/mol. The minimum atomic E-state index is -0.321. The zero-order valence-corrected chi connectivity index (χ0v) is 11.1. The van der Waals surface area contributed by atoms with E-state index in [-0.39, 0.29) is 18.1 Å². The van der Waals surface area contributed by atoms with Gasteiger partial charge in [-0.15, -0.1) is 0 Å². The highest BCUT2D eigenvalue weighted by atomic mass is 16.3. The second-order valence-corrected chi connectivity index (χ2v) is 6.92. The first kappa shape index (κ1) is 11.7. The molecule has 2 heteroatoms. The van der Waals surface area contributed by atoms with Crippen LogP contribution in [0.25, 0.3) is 0 Å². The largest absolute Gasteiger partial charge is 0.392 e. The molecule has 0 aromatic rings. The number of hydrogen-bond donors (Lipinski definition) is 2. The van der Waals surface area contributed by atoms with Crippen LogP contribution in [0.3, 0.4) is 0 Å². The van der Waals surface area contributed by atoms with E-state index in [1.54, 1.807) is 0 Å². The van der Waals surface area contributed by atoms with Gasteiger partial charge in [0.25, 0.3) is 0 Å². The molecule has 4 bridgehead atoms. The lowest BCUT2D eigenvalue weighted by Gasteiger charge is -2.71. The third kappa shape index (κ3) is 1.29. The third-order valence-corrected chi connectivity index (χ3v) is 5.97. The van der Waals surface area contributed by atoms with Gasteiger partial charge in [0, 0.05) is 0 Å². The van der Waals surface area contributed by atoms with Crippen molar-refractivity contribution < 1.29 is 10.2 Å². The number of aliphatic hydroxyl groups is 2. The summed E-state index contributed by atoms with van der Waals surface area (Å²) in [6.45, 7) is 7.05. The molecule has 4 aliphatic rings. The number of fused-ring (bicyclic) bond motifs is 2.